The van der Waals surface area contributed by atoms with Gasteiger partial charge in [-0.05, 0) is 116 Å². The van der Waals surface area contributed by atoms with Crippen LogP contribution in [0.25, 0.3) is 58.8 Å². The summed E-state index contributed by atoms with van der Waals surface area (Å²) in [5, 5.41) is 6.19. The second kappa shape index (κ2) is 14.3. The SMILES string of the molecule is CC(C)(C)c1ccc(N(c2ccc(C(C)(C)C)cc2)c2cc3c4c(c2)-n2c5sc6ccccc6c5c5cccc(c52)B4c2ccc(C(C)(C)C)cc2N3c2cccc3oc4ccccc4c23)cc1. The number of fused-ring (bicyclic) bond motifs is 12. The molecule has 0 fully saturated rings. The predicted molar refractivity (Wildman–Crippen MR) is 294 cm³/mol. The zero-order chi connectivity index (χ0) is 46.6. The average molecular weight is 900 g/mol. The smallest absolute Gasteiger partial charge is 0.252 e. The lowest BCUT2D eigenvalue weighted by Gasteiger charge is -2.42. The molecule has 0 spiro atoms. The highest BCUT2D eigenvalue weighted by atomic mass is 32.1. The van der Waals surface area contributed by atoms with Gasteiger partial charge in [0.15, 0.2) is 0 Å². The standard InChI is InChI=1S/C62H54BN3OS/c1-60(2,3)37-24-29-40(30-25-37)64(41-31-26-38(27-32-41)61(4,5)6)42-35-50-57-51(36-42)66-58-45(55-44-17-11-13-23-54(44)68-59(55)66)18-14-19-47(58)63(57)46-33-28-39(62(7,8)9)34-49(46)65(50)48-20-15-22-53-56(48)43-16-10-12-21-52(43)67-53/h10-36H,1-9H3. The first-order chi connectivity index (χ1) is 32.6. The van der Waals surface area contributed by atoms with Crippen LogP contribution in [0.2, 0.25) is 0 Å². The fourth-order valence-corrected chi connectivity index (χ4v) is 12.6. The molecule has 0 saturated heterocycles. The maximum Gasteiger partial charge on any atom is 0.252 e. The molecule has 2 aliphatic rings. The number of aromatic nitrogens is 1. The van der Waals surface area contributed by atoms with Gasteiger partial charge in [0, 0.05) is 54.7 Å². The second-order valence-corrected chi connectivity index (χ2v) is 23.3. The normalized spacial score (nSPS) is 13.6. The van der Waals surface area contributed by atoms with Crippen LogP contribution < -0.4 is 26.2 Å². The minimum atomic E-state index is -0.0791. The maximum atomic E-state index is 6.67. The molecule has 2 aliphatic heterocycles. The Morgan fingerprint density at radius 1 is 0.456 bits per heavy atom. The Kier molecular flexibility index (Phi) is 8.64. The van der Waals surface area contributed by atoms with Crippen LogP contribution in [0.1, 0.15) is 79.0 Å². The van der Waals surface area contributed by atoms with E-state index in [1.807, 2.05) is 11.3 Å². The van der Waals surface area contributed by atoms with E-state index in [0.717, 1.165) is 44.7 Å². The number of furan rings is 1. The van der Waals surface area contributed by atoms with Crippen molar-refractivity contribution in [2.45, 2.75) is 78.6 Å². The monoisotopic (exact) mass is 899 g/mol. The van der Waals surface area contributed by atoms with Crippen LogP contribution in [0, 0.1) is 0 Å². The molecule has 0 radical (unpaired) electrons. The van der Waals surface area contributed by atoms with Crippen molar-refractivity contribution in [3.63, 3.8) is 0 Å². The van der Waals surface area contributed by atoms with Gasteiger partial charge in [-0.25, -0.2) is 0 Å². The lowest BCUT2D eigenvalue weighted by atomic mass is 9.33. The molecule has 0 atom stereocenters. The molecular weight excluding hydrogens is 846 g/mol. The summed E-state index contributed by atoms with van der Waals surface area (Å²) in [6.45, 7) is 20.7. The first kappa shape index (κ1) is 41.2. The molecule has 5 heterocycles. The molecule has 3 aromatic heterocycles. The Hall–Kier alpha value is -7.02. The summed E-state index contributed by atoms with van der Waals surface area (Å²) in [6, 6.07) is 62.0. The number of thiophene rings is 1. The largest absolute Gasteiger partial charge is 0.456 e. The molecule has 13 rings (SSSR count). The topological polar surface area (TPSA) is 24.6 Å². The van der Waals surface area contributed by atoms with Crippen LogP contribution in [0.5, 0.6) is 0 Å². The van der Waals surface area contributed by atoms with Crippen LogP contribution in [0.4, 0.5) is 34.1 Å². The van der Waals surface area contributed by atoms with E-state index in [0.29, 0.717) is 0 Å². The molecule has 332 valence electrons. The van der Waals surface area contributed by atoms with Crippen molar-refractivity contribution < 1.29 is 4.42 Å². The number of hydrogen-bond acceptors (Lipinski definition) is 4. The Morgan fingerprint density at radius 2 is 1.04 bits per heavy atom. The van der Waals surface area contributed by atoms with E-state index in [4.69, 9.17) is 4.42 Å². The Balaban J connectivity index is 1.19. The van der Waals surface area contributed by atoms with Crippen molar-refractivity contribution in [2.24, 2.45) is 0 Å². The van der Waals surface area contributed by atoms with Crippen molar-refractivity contribution in [3.05, 3.63) is 180 Å². The van der Waals surface area contributed by atoms with Gasteiger partial charge in [0.1, 0.15) is 16.0 Å². The molecule has 0 unspecified atom stereocenters. The van der Waals surface area contributed by atoms with Crippen LogP contribution >= 0.6 is 11.3 Å². The van der Waals surface area contributed by atoms with Crippen LogP contribution in [0.3, 0.4) is 0 Å². The highest BCUT2D eigenvalue weighted by Crippen LogP contribution is 2.50. The van der Waals surface area contributed by atoms with Gasteiger partial charge in [-0.15, -0.1) is 11.3 Å². The van der Waals surface area contributed by atoms with E-state index in [9.17, 15) is 0 Å². The van der Waals surface area contributed by atoms with Gasteiger partial charge in [0.2, 0.25) is 0 Å². The van der Waals surface area contributed by atoms with Crippen LogP contribution in [0.15, 0.2) is 168 Å². The molecule has 0 bridgehead atoms. The summed E-state index contributed by atoms with van der Waals surface area (Å²) < 4.78 is 10.6. The van der Waals surface area contributed by atoms with Crippen LogP contribution in [-0.2, 0) is 16.2 Å². The van der Waals surface area contributed by atoms with E-state index < -0.39 is 0 Å². The fourth-order valence-electron chi connectivity index (χ4n) is 11.4. The lowest BCUT2D eigenvalue weighted by molar-refractivity contribution is 0.590. The zero-order valence-electron chi connectivity index (χ0n) is 40.3. The van der Waals surface area contributed by atoms with Crippen molar-refractivity contribution >= 4 is 122 Å². The Labute approximate surface area is 403 Å². The summed E-state index contributed by atoms with van der Waals surface area (Å²) in [5.41, 5.74) is 19.0. The molecule has 4 nitrogen and oxygen atoms in total. The molecular formula is C62H54BN3OS. The van der Waals surface area contributed by atoms with Crippen molar-refractivity contribution in [1.82, 2.24) is 4.57 Å². The fraction of sp³-hybridized carbons (Fsp3) is 0.194. The van der Waals surface area contributed by atoms with E-state index in [1.165, 1.54) is 81.3 Å². The molecule has 0 aliphatic carbocycles. The number of hydrogen-bond donors (Lipinski definition) is 0. The Morgan fingerprint density at radius 3 is 1.74 bits per heavy atom. The van der Waals surface area contributed by atoms with E-state index in [2.05, 4.69) is 240 Å². The average Bonchev–Trinajstić information content (AvgIpc) is 3.99. The summed E-state index contributed by atoms with van der Waals surface area (Å²) in [6.07, 6.45) is 0. The molecule has 11 aromatic rings. The molecule has 8 aromatic carbocycles. The van der Waals surface area contributed by atoms with E-state index >= 15 is 0 Å². The van der Waals surface area contributed by atoms with Gasteiger partial charge < -0.3 is 18.8 Å². The third kappa shape index (κ3) is 5.99. The minimum Gasteiger partial charge on any atom is -0.456 e. The summed E-state index contributed by atoms with van der Waals surface area (Å²) in [4.78, 5) is 6.36. The lowest BCUT2D eigenvalue weighted by Crippen LogP contribution is -2.60. The zero-order valence-corrected chi connectivity index (χ0v) is 41.1. The van der Waals surface area contributed by atoms with E-state index in [-0.39, 0.29) is 23.0 Å². The highest BCUT2D eigenvalue weighted by Gasteiger charge is 2.44. The number of para-hydroxylation sites is 2. The number of rotatable bonds is 4. The summed E-state index contributed by atoms with van der Waals surface area (Å²) in [7, 11) is 0. The third-order valence-electron chi connectivity index (χ3n) is 14.9. The predicted octanol–water partition coefficient (Wildman–Crippen LogP) is 15.9. The maximum absolute atomic E-state index is 6.67. The third-order valence-corrected chi connectivity index (χ3v) is 16.0. The van der Waals surface area contributed by atoms with E-state index in [1.54, 1.807) is 0 Å². The molecule has 0 N–H and O–H groups in total. The van der Waals surface area contributed by atoms with Crippen molar-refractivity contribution in [3.8, 4) is 5.69 Å². The number of nitrogens with zero attached hydrogens (tertiary/aromatic N) is 3. The van der Waals surface area contributed by atoms with Gasteiger partial charge in [-0.3, -0.25) is 0 Å². The summed E-state index contributed by atoms with van der Waals surface area (Å²) >= 11 is 1.91. The van der Waals surface area contributed by atoms with Gasteiger partial charge in [-0.2, -0.15) is 0 Å². The van der Waals surface area contributed by atoms with Crippen molar-refractivity contribution in [1.29, 1.82) is 0 Å². The first-order valence-corrected chi connectivity index (χ1v) is 24.9. The van der Waals surface area contributed by atoms with Gasteiger partial charge >= 0.3 is 0 Å². The Bertz CT molecular complexity index is 3810. The molecule has 6 heteroatoms. The number of benzene rings is 8. The molecule has 0 saturated carbocycles. The first-order valence-electron chi connectivity index (χ1n) is 24.1. The minimum absolute atomic E-state index is 0.00771. The molecule has 0 amide bonds. The van der Waals surface area contributed by atoms with Gasteiger partial charge in [0.25, 0.3) is 6.71 Å². The van der Waals surface area contributed by atoms with Gasteiger partial charge in [0.05, 0.1) is 22.3 Å². The summed E-state index contributed by atoms with van der Waals surface area (Å²) in [5.74, 6) is 0. The van der Waals surface area contributed by atoms with Crippen LogP contribution in [-0.4, -0.2) is 11.3 Å². The second-order valence-electron chi connectivity index (χ2n) is 22.2. The highest BCUT2D eigenvalue weighted by molar-refractivity contribution is 7.26. The van der Waals surface area contributed by atoms with Crippen molar-refractivity contribution in [2.75, 3.05) is 9.80 Å². The van der Waals surface area contributed by atoms with Gasteiger partial charge in [-0.1, -0.05) is 159 Å². The number of anilines is 6. The quantitative estimate of drug-likeness (QED) is 0.165. The molecule has 68 heavy (non-hydrogen) atoms.